The number of hydrogen-bond donors (Lipinski definition) is 0. The molecule has 0 aromatic heterocycles. The van der Waals surface area contributed by atoms with Gasteiger partial charge in [0.25, 0.3) is 0 Å². The maximum Gasteiger partial charge on any atom is 0.193 e. The van der Waals surface area contributed by atoms with Crippen molar-refractivity contribution in [2.45, 2.75) is 4.90 Å². The molecule has 2 rings (SSSR count). The Labute approximate surface area is 104 Å². The second-order valence-corrected chi connectivity index (χ2v) is 4.45. The van der Waals surface area contributed by atoms with Crippen LogP contribution in [0.4, 0.5) is 4.39 Å². The zero-order chi connectivity index (χ0) is 12.3. The van der Waals surface area contributed by atoms with Crippen LogP contribution in [0.3, 0.4) is 0 Å². The van der Waals surface area contributed by atoms with E-state index in [0.29, 0.717) is 11.1 Å². The smallest absolute Gasteiger partial charge is 0.193 e. The van der Waals surface area contributed by atoms with Gasteiger partial charge < -0.3 is 0 Å². The van der Waals surface area contributed by atoms with Crippen molar-refractivity contribution >= 4 is 17.5 Å². The van der Waals surface area contributed by atoms with Crippen LogP contribution in [-0.4, -0.2) is 12.0 Å². The minimum Gasteiger partial charge on any atom is -0.289 e. The van der Waals surface area contributed by atoms with E-state index < -0.39 is 0 Å². The number of carbonyl (C=O) groups excluding carboxylic acids is 1. The molecule has 0 spiro atoms. The fourth-order valence-electron chi connectivity index (χ4n) is 1.53. The van der Waals surface area contributed by atoms with Crippen LogP contribution in [-0.2, 0) is 0 Å². The number of carbonyl (C=O) groups is 1. The molecule has 0 amide bonds. The lowest BCUT2D eigenvalue weighted by Crippen LogP contribution is -2.01. The van der Waals surface area contributed by atoms with Gasteiger partial charge in [0, 0.05) is 16.0 Å². The van der Waals surface area contributed by atoms with E-state index in [2.05, 4.69) is 0 Å². The summed E-state index contributed by atoms with van der Waals surface area (Å²) in [6.07, 6.45) is 1.96. The van der Waals surface area contributed by atoms with Crippen LogP contribution >= 0.6 is 11.8 Å². The molecular formula is C14H11FOS. The van der Waals surface area contributed by atoms with E-state index in [1.807, 2.05) is 24.5 Å². The van der Waals surface area contributed by atoms with E-state index in [0.717, 1.165) is 4.90 Å². The molecule has 0 saturated heterocycles. The number of thioether (sulfide) groups is 1. The van der Waals surface area contributed by atoms with Gasteiger partial charge in [0.1, 0.15) is 5.82 Å². The molecule has 0 bridgehead atoms. The van der Waals surface area contributed by atoms with Gasteiger partial charge in [0.2, 0.25) is 0 Å². The van der Waals surface area contributed by atoms with Gasteiger partial charge >= 0.3 is 0 Å². The molecule has 0 aliphatic carbocycles. The third kappa shape index (κ3) is 2.74. The molecule has 17 heavy (non-hydrogen) atoms. The highest BCUT2D eigenvalue weighted by Gasteiger charge is 2.09. The highest BCUT2D eigenvalue weighted by Crippen LogP contribution is 2.18. The van der Waals surface area contributed by atoms with E-state index in [1.165, 1.54) is 24.3 Å². The molecule has 86 valence electrons. The standard InChI is InChI=1S/C14H11FOS/c1-17-13-4-2-3-11(9-13)14(16)10-5-7-12(15)8-6-10/h2-9H,1H3. The lowest BCUT2D eigenvalue weighted by atomic mass is 10.0. The van der Waals surface area contributed by atoms with Crippen LogP contribution in [0.5, 0.6) is 0 Å². The molecule has 2 aromatic rings. The molecule has 2 aromatic carbocycles. The average molecular weight is 246 g/mol. The van der Waals surface area contributed by atoms with E-state index in [1.54, 1.807) is 17.8 Å². The molecule has 0 N–H and O–H groups in total. The van der Waals surface area contributed by atoms with Crippen LogP contribution in [0, 0.1) is 5.82 Å². The van der Waals surface area contributed by atoms with Crippen molar-refractivity contribution in [3.05, 3.63) is 65.5 Å². The van der Waals surface area contributed by atoms with Gasteiger partial charge in [-0.1, -0.05) is 12.1 Å². The zero-order valence-corrected chi connectivity index (χ0v) is 10.1. The number of ketones is 1. The molecule has 0 fully saturated rings. The van der Waals surface area contributed by atoms with Crippen molar-refractivity contribution in [1.82, 2.24) is 0 Å². The first kappa shape index (κ1) is 11.9. The Bertz CT molecular complexity index is 534. The Morgan fingerprint density at radius 1 is 1.06 bits per heavy atom. The topological polar surface area (TPSA) is 17.1 Å². The lowest BCUT2D eigenvalue weighted by molar-refractivity contribution is 0.103. The summed E-state index contributed by atoms with van der Waals surface area (Å²) in [7, 11) is 0. The minimum atomic E-state index is -0.334. The maximum atomic E-state index is 12.8. The van der Waals surface area contributed by atoms with Gasteiger partial charge in [-0.2, -0.15) is 0 Å². The van der Waals surface area contributed by atoms with E-state index in [9.17, 15) is 9.18 Å². The summed E-state index contributed by atoms with van der Waals surface area (Å²) in [6, 6.07) is 13.0. The monoisotopic (exact) mass is 246 g/mol. The summed E-state index contributed by atoms with van der Waals surface area (Å²) in [4.78, 5) is 13.1. The second kappa shape index (κ2) is 5.15. The summed E-state index contributed by atoms with van der Waals surface area (Å²) in [6.45, 7) is 0. The number of halogens is 1. The molecule has 0 heterocycles. The van der Waals surface area contributed by atoms with Crippen LogP contribution in [0.1, 0.15) is 15.9 Å². The molecular weight excluding hydrogens is 235 g/mol. The van der Waals surface area contributed by atoms with Crippen LogP contribution < -0.4 is 0 Å². The van der Waals surface area contributed by atoms with Gasteiger partial charge in [0.05, 0.1) is 0 Å². The van der Waals surface area contributed by atoms with Gasteiger partial charge in [-0.25, -0.2) is 4.39 Å². The Hall–Kier alpha value is -1.61. The number of benzene rings is 2. The Morgan fingerprint density at radius 3 is 2.41 bits per heavy atom. The molecule has 0 aliphatic rings. The quantitative estimate of drug-likeness (QED) is 0.605. The fraction of sp³-hybridized carbons (Fsp3) is 0.0714. The Morgan fingerprint density at radius 2 is 1.76 bits per heavy atom. The summed E-state index contributed by atoms with van der Waals surface area (Å²) >= 11 is 1.59. The zero-order valence-electron chi connectivity index (χ0n) is 9.31. The molecule has 1 nitrogen and oxygen atoms in total. The first-order valence-corrected chi connectivity index (χ1v) is 6.37. The second-order valence-electron chi connectivity index (χ2n) is 3.57. The summed E-state index contributed by atoms with van der Waals surface area (Å²) in [5.74, 6) is -0.416. The third-order valence-electron chi connectivity index (χ3n) is 2.44. The summed E-state index contributed by atoms with van der Waals surface area (Å²) in [5.41, 5.74) is 1.13. The highest BCUT2D eigenvalue weighted by molar-refractivity contribution is 7.98. The van der Waals surface area contributed by atoms with E-state index in [4.69, 9.17) is 0 Å². The predicted molar refractivity (Wildman–Crippen MR) is 68.1 cm³/mol. The van der Waals surface area contributed by atoms with E-state index in [-0.39, 0.29) is 11.6 Å². The summed E-state index contributed by atoms with van der Waals surface area (Å²) in [5, 5.41) is 0. The number of rotatable bonds is 3. The molecule has 0 saturated carbocycles. The molecule has 0 unspecified atom stereocenters. The summed E-state index contributed by atoms with van der Waals surface area (Å²) < 4.78 is 12.8. The van der Waals surface area contributed by atoms with Crippen LogP contribution in [0.15, 0.2) is 53.4 Å². The number of hydrogen-bond acceptors (Lipinski definition) is 2. The third-order valence-corrected chi connectivity index (χ3v) is 3.16. The van der Waals surface area contributed by atoms with Crippen molar-refractivity contribution in [2.75, 3.05) is 6.26 Å². The molecule has 0 radical (unpaired) electrons. The van der Waals surface area contributed by atoms with Gasteiger partial charge in [0.15, 0.2) is 5.78 Å². The van der Waals surface area contributed by atoms with Crippen molar-refractivity contribution in [2.24, 2.45) is 0 Å². The fourth-order valence-corrected chi connectivity index (χ4v) is 1.99. The van der Waals surface area contributed by atoms with Gasteiger partial charge in [-0.05, 0) is 42.7 Å². The van der Waals surface area contributed by atoms with Crippen molar-refractivity contribution in [1.29, 1.82) is 0 Å². The lowest BCUT2D eigenvalue weighted by Gasteiger charge is -2.03. The minimum absolute atomic E-state index is 0.0825. The molecule has 0 atom stereocenters. The van der Waals surface area contributed by atoms with Gasteiger partial charge in [-0.15, -0.1) is 11.8 Å². The van der Waals surface area contributed by atoms with Gasteiger partial charge in [-0.3, -0.25) is 4.79 Å². The predicted octanol–water partition coefficient (Wildman–Crippen LogP) is 3.78. The highest BCUT2D eigenvalue weighted by atomic mass is 32.2. The Balaban J connectivity index is 2.33. The van der Waals surface area contributed by atoms with Crippen LogP contribution in [0.2, 0.25) is 0 Å². The van der Waals surface area contributed by atoms with E-state index >= 15 is 0 Å². The molecule has 0 aliphatic heterocycles. The first-order chi connectivity index (χ1) is 8.20. The largest absolute Gasteiger partial charge is 0.289 e. The van der Waals surface area contributed by atoms with Crippen molar-refractivity contribution < 1.29 is 9.18 Å². The average Bonchev–Trinajstić information content (AvgIpc) is 2.39. The SMILES string of the molecule is CSc1cccc(C(=O)c2ccc(F)cc2)c1. The normalized spacial score (nSPS) is 10.2. The Kier molecular flexibility index (Phi) is 3.59. The molecule has 3 heteroatoms. The van der Waals surface area contributed by atoms with Crippen LogP contribution in [0.25, 0.3) is 0 Å². The van der Waals surface area contributed by atoms with Crippen molar-refractivity contribution in [3.63, 3.8) is 0 Å². The first-order valence-electron chi connectivity index (χ1n) is 5.15. The van der Waals surface area contributed by atoms with Crippen molar-refractivity contribution in [3.8, 4) is 0 Å². The maximum absolute atomic E-state index is 12.8.